The van der Waals surface area contributed by atoms with Crippen molar-refractivity contribution >= 4 is 5.69 Å². The number of benzene rings is 1. The summed E-state index contributed by atoms with van der Waals surface area (Å²) < 4.78 is 0. The van der Waals surface area contributed by atoms with Gasteiger partial charge in [0.2, 0.25) is 0 Å². The molecule has 15 heavy (non-hydrogen) atoms. The van der Waals surface area contributed by atoms with Crippen molar-refractivity contribution in [3.8, 4) is 0 Å². The number of unbranched alkanes of at least 4 members (excludes halogenated alkanes) is 1. The third kappa shape index (κ3) is 2.34. The molecule has 1 aliphatic rings. The van der Waals surface area contributed by atoms with Gasteiger partial charge in [-0.3, -0.25) is 0 Å². The van der Waals surface area contributed by atoms with E-state index in [1.165, 1.54) is 36.9 Å². The van der Waals surface area contributed by atoms with E-state index >= 15 is 0 Å². The molecular weight excluding hydrogens is 182 g/mol. The monoisotopic (exact) mass is 203 g/mol. The number of anilines is 1. The molecule has 82 valence electrons. The minimum Gasteiger partial charge on any atom is -0.382 e. The summed E-state index contributed by atoms with van der Waals surface area (Å²) in [5.41, 5.74) is 2.84. The van der Waals surface area contributed by atoms with Crippen LogP contribution in [0.1, 0.15) is 38.7 Å². The van der Waals surface area contributed by atoms with Crippen molar-refractivity contribution in [1.82, 2.24) is 0 Å². The summed E-state index contributed by atoms with van der Waals surface area (Å²) in [5, 5.41) is 3.68. The van der Waals surface area contributed by atoms with Gasteiger partial charge >= 0.3 is 0 Å². The second-order valence-corrected chi connectivity index (χ2v) is 4.73. The van der Waals surface area contributed by atoms with E-state index in [-0.39, 0.29) is 0 Å². The maximum atomic E-state index is 3.68. The first-order chi connectivity index (χ1) is 7.31. The fourth-order valence-corrected chi connectivity index (χ4v) is 2.45. The molecule has 2 rings (SSSR count). The van der Waals surface area contributed by atoms with Crippen LogP contribution in [0.15, 0.2) is 24.3 Å². The summed E-state index contributed by atoms with van der Waals surface area (Å²) >= 11 is 0. The van der Waals surface area contributed by atoms with E-state index in [0.29, 0.717) is 6.04 Å². The molecule has 0 fully saturated rings. The Labute approximate surface area is 92.9 Å². The lowest BCUT2D eigenvalue weighted by atomic mass is 9.86. The highest BCUT2D eigenvalue weighted by Gasteiger charge is 2.23. The average molecular weight is 203 g/mol. The van der Waals surface area contributed by atoms with Gasteiger partial charge in [-0.2, -0.15) is 0 Å². The lowest BCUT2D eigenvalue weighted by molar-refractivity contribution is 0.430. The Morgan fingerprint density at radius 2 is 2.13 bits per heavy atom. The first kappa shape index (κ1) is 10.5. The van der Waals surface area contributed by atoms with E-state index in [1.807, 2.05) is 0 Å². The van der Waals surface area contributed by atoms with Gasteiger partial charge in [-0.25, -0.2) is 0 Å². The standard InChI is InChI=1S/C14H21N/c1-3-4-8-13-11(2)10-12-7-5-6-9-14(12)15-13/h5-7,9,11,13,15H,3-4,8,10H2,1-2H3. The molecule has 1 heterocycles. The van der Waals surface area contributed by atoms with Gasteiger partial charge in [0.25, 0.3) is 0 Å². The number of fused-ring (bicyclic) bond motifs is 1. The summed E-state index contributed by atoms with van der Waals surface area (Å²) in [5.74, 6) is 0.770. The van der Waals surface area contributed by atoms with Crippen LogP contribution >= 0.6 is 0 Å². The van der Waals surface area contributed by atoms with Crippen LogP contribution in [0.2, 0.25) is 0 Å². The van der Waals surface area contributed by atoms with Gasteiger partial charge in [0.1, 0.15) is 0 Å². The van der Waals surface area contributed by atoms with Crippen LogP contribution in [-0.4, -0.2) is 6.04 Å². The molecular formula is C14H21N. The minimum atomic E-state index is 0.680. The predicted molar refractivity (Wildman–Crippen MR) is 66.2 cm³/mol. The van der Waals surface area contributed by atoms with Gasteiger partial charge in [-0.05, 0) is 30.4 Å². The predicted octanol–water partition coefficient (Wildman–Crippen LogP) is 3.85. The number of hydrogen-bond donors (Lipinski definition) is 1. The molecule has 1 aromatic rings. The van der Waals surface area contributed by atoms with Crippen LogP contribution in [0.25, 0.3) is 0 Å². The van der Waals surface area contributed by atoms with Crippen molar-refractivity contribution < 1.29 is 0 Å². The highest BCUT2D eigenvalue weighted by Crippen LogP contribution is 2.29. The largest absolute Gasteiger partial charge is 0.382 e. The van der Waals surface area contributed by atoms with Crippen molar-refractivity contribution in [2.75, 3.05) is 5.32 Å². The average Bonchev–Trinajstić information content (AvgIpc) is 2.26. The topological polar surface area (TPSA) is 12.0 Å². The molecule has 1 nitrogen and oxygen atoms in total. The molecule has 0 radical (unpaired) electrons. The fourth-order valence-electron chi connectivity index (χ4n) is 2.45. The van der Waals surface area contributed by atoms with Gasteiger partial charge in [0.05, 0.1) is 0 Å². The zero-order valence-corrected chi connectivity index (χ0v) is 9.79. The van der Waals surface area contributed by atoms with Crippen molar-refractivity contribution in [1.29, 1.82) is 0 Å². The van der Waals surface area contributed by atoms with Crippen LogP contribution in [-0.2, 0) is 6.42 Å². The Morgan fingerprint density at radius 3 is 2.93 bits per heavy atom. The number of hydrogen-bond acceptors (Lipinski definition) is 1. The number of para-hydroxylation sites is 1. The molecule has 0 amide bonds. The molecule has 0 aliphatic carbocycles. The van der Waals surface area contributed by atoms with Crippen LogP contribution < -0.4 is 5.32 Å². The van der Waals surface area contributed by atoms with Crippen LogP contribution in [0.5, 0.6) is 0 Å². The molecule has 0 saturated heterocycles. The van der Waals surface area contributed by atoms with Crippen molar-refractivity contribution in [2.24, 2.45) is 5.92 Å². The third-order valence-electron chi connectivity index (χ3n) is 3.46. The van der Waals surface area contributed by atoms with Crippen molar-refractivity contribution in [3.05, 3.63) is 29.8 Å². The van der Waals surface area contributed by atoms with Gasteiger partial charge in [0, 0.05) is 11.7 Å². The molecule has 1 heteroatoms. The second-order valence-electron chi connectivity index (χ2n) is 4.73. The highest BCUT2D eigenvalue weighted by atomic mass is 14.9. The summed E-state index contributed by atoms with van der Waals surface area (Å²) in [6, 6.07) is 9.40. The summed E-state index contributed by atoms with van der Waals surface area (Å²) in [6.45, 7) is 4.63. The Balaban J connectivity index is 2.08. The molecule has 0 aromatic heterocycles. The molecule has 2 unspecified atom stereocenters. The van der Waals surface area contributed by atoms with E-state index in [1.54, 1.807) is 0 Å². The molecule has 2 atom stereocenters. The Kier molecular flexibility index (Phi) is 3.30. The maximum absolute atomic E-state index is 3.68. The smallest absolute Gasteiger partial charge is 0.0375 e. The van der Waals surface area contributed by atoms with E-state index < -0.39 is 0 Å². The zero-order valence-electron chi connectivity index (χ0n) is 9.79. The summed E-state index contributed by atoms with van der Waals surface area (Å²) in [6.07, 6.45) is 5.18. The Hall–Kier alpha value is -0.980. The van der Waals surface area contributed by atoms with Crippen LogP contribution in [0, 0.1) is 5.92 Å². The zero-order chi connectivity index (χ0) is 10.7. The van der Waals surface area contributed by atoms with Gasteiger partial charge in [-0.1, -0.05) is 44.9 Å². The molecule has 0 saturated carbocycles. The minimum absolute atomic E-state index is 0.680. The van der Waals surface area contributed by atoms with E-state index in [2.05, 4.69) is 43.4 Å². The van der Waals surface area contributed by atoms with Crippen LogP contribution in [0.4, 0.5) is 5.69 Å². The molecule has 0 spiro atoms. The molecule has 0 bridgehead atoms. The normalized spacial score (nSPS) is 24.4. The quantitative estimate of drug-likeness (QED) is 0.786. The van der Waals surface area contributed by atoms with Crippen molar-refractivity contribution in [3.63, 3.8) is 0 Å². The Bertz CT molecular complexity index is 319. The van der Waals surface area contributed by atoms with E-state index in [9.17, 15) is 0 Å². The van der Waals surface area contributed by atoms with Crippen molar-refractivity contribution in [2.45, 2.75) is 45.6 Å². The van der Waals surface area contributed by atoms with Crippen LogP contribution in [0.3, 0.4) is 0 Å². The number of nitrogens with one attached hydrogen (secondary N) is 1. The molecule has 1 aromatic carbocycles. The fraction of sp³-hybridized carbons (Fsp3) is 0.571. The Morgan fingerprint density at radius 1 is 1.33 bits per heavy atom. The SMILES string of the molecule is CCCCC1Nc2ccccc2CC1C. The summed E-state index contributed by atoms with van der Waals surface area (Å²) in [7, 11) is 0. The van der Waals surface area contributed by atoms with Gasteiger partial charge < -0.3 is 5.32 Å². The van der Waals surface area contributed by atoms with Gasteiger partial charge in [-0.15, -0.1) is 0 Å². The molecule has 1 aliphatic heterocycles. The third-order valence-corrected chi connectivity index (χ3v) is 3.46. The molecule has 1 N–H and O–H groups in total. The first-order valence-electron chi connectivity index (χ1n) is 6.15. The first-order valence-corrected chi connectivity index (χ1v) is 6.15. The van der Waals surface area contributed by atoms with E-state index in [4.69, 9.17) is 0 Å². The highest BCUT2D eigenvalue weighted by molar-refractivity contribution is 5.54. The van der Waals surface area contributed by atoms with E-state index in [0.717, 1.165) is 5.92 Å². The van der Waals surface area contributed by atoms with Gasteiger partial charge in [0.15, 0.2) is 0 Å². The lowest BCUT2D eigenvalue weighted by Gasteiger charge is -2.32. The lowest BCUT2D eigenvalue weighted by Crippen LogP contribution is -2.33. The summed E-state index contributed by atoms with van der Waals surface area (Å²) in [4.78, 5) is 0. The number of rotatable bonds is 3. The maximum Gasteiger partial charge on any atom is 0.0375 e. The second kappa shape index (κ2) is 4.69.